The molecule has 0 aliphatic carbocycles. The summed E-state index contributed by atoms with van der Waals surface area (Å²) in [6.07, 6.45) is 0. The van der Waals surface area contributed by atoms with Gasteiger partial charge in [0.15, 0.2) is 5.76 Å². The molecule has 0 spiro atoms. The van der Waals surface area contributed by atoms with Crippen LogP contribution in [0.2, 0.25) is 5.02 Å². The second-order valence-corrected chi connectivity index (χ2v) is 6.78. The van der Waals surface area contributed by atoms with Gasteiger partial charge in [0, 0.05) is 17.0 Å². The van der Waals surface area contributed by atoms with Crippen LogP contribution < -0.4 is 10.1 Å². The number of fused-ring (bicyclic) bond motifs is 1. The van der Waals surface area contributed by atoms with Crippen LogP contribution in [0.4, 0.5) is 0 Å². The van der Waals surface area contributed by atoms with Crippen LogP contribution in [-0.2, 0) is 13.2 Å². The Morgan fingerprint density at radius 1 is 0.929 bits per heavy atom. The third-order valence-corrected chi connectivity index (χ3v) is 4.62. The van der Waals surface area contributed by atoms with Gasteiger partial charge in [-0.25, -0.2) is 0 Å². The normalized spacial score (nSPS) is 10.8. The molecule has 0 atom stereocenters. The van der Waals surface area contributed by atoms with Gasteiger partial charge >= 0.3 is 0 Å². The molecule has 0 fully saturated rings. The fourth-order valence-electron chi connectivity index (χ4n) is 2.92. The summed E-state index contributed by atoms with van der Waals surface area (Å²) in [5.41, 5.74) is 0.962. The summed E-state index contributed by atoms with van der Waals surface area (Å²) in [7, 11) is 0. The number of furan rings is 1. The smallest absolute Gasteiger partial charge is 0.287 e. The molecule has 4 rings (SSSR count). The molecular weight excluding hydrogens is 374 g/mol. The highest BCUT2D eigenvalue weighted by molar-refractivity contribution is 6.30. The largest absolute Gasteiger partial charge is 0.485 e. The number of hydrogen-bond acceptors (Lipinski definition) is 3. The molecule has 3 aromatic carbocycles. The van der Waals surface area contributed by atoms with Crippen LogP contribution in [0.25, 0.3) is 10.8 Å². The number of nitrogens with one attached hydrogen (secondary N) is 1. The molecule has 4 nitrogen and oxygen atoms in total. The first kappa shape index (κ1) is 18.1. The van der Waals surface area contributed by atoms with Crippen LogP contribution in [0, 0.1) is 0 Å². The van der Waals surface area contributed by atoms with E-state index in [1.807, 2.05) is 54.6 Å². The molecule has 0 bridgehead atoms. The maximum Gasteiger partial charge on any atom is 0.287 e. The van der Waals surface area contributed by atoms with Gasteiger partial charge in [0.05, 0.1) is 0 Å². The molecule has 5 heteroatoms. The van der Waals surface area contributed by atoms with Crippen molar-refractivity contribution >= 4 is 28.3 Å². The maximum absolute atomic E-state index is 12.3. The second-order valence-electron chi connectivity index (χ2n) is 6.34. The van der Waals surface area contributed by atoms with E-state index in [-0.39, 0.29) is 18.3 Å². The number of carbonyl (C=O) groups is 1. The lowest BCUT2D eigenvalue weighted by Crippen LogP contribution is -2.22. The molecule has 0 saturated heterocycles. The number of rotatable bonds is 6. The Balaban J connectivity index is 1.37. The average Bonchev–Trinajstić information content (AvgIpc) is 3.21. The number of hydrogen-bond donors (Lipinski definition) is 1. The van der Waals surface area contributed by atoms with Crippen molar-refractivity contribution in [3.63, 3.8) is 0 Å². The highest BCUT2D eigenvalue weighted by atomic mass is 35.5. The van der Waals surface area contributed by atoms with E-state index in [4.69, 9.17) is 20.8 Å². The van der Waals surface area contributed by atoms with Crippen LogP contribution in [0.3, 0.4) is 0 Å². The van der Waals surface area contributed by atoms with E-state index in [2.05, 4.69) is 5.32 Å². The molecule has 0 unspecified atom stereocenters. The summed E-state index contributed by atoms with van der Waals surface area (Å²) in [6, 6.07) is 24.7. The summed E-state index contributed by atoms with van der Waals surface area (Å²) >= 11 is 5.86. The third-order valence-electron chi connectivity index (χ3n) is 4.37. The lowest BCUT2D eigenvalue weighted by Gasteiger charge is -2.08. The van der Waals surface area contributed by atoms with Crippen LogP contribution in [-0.4, -0.2) is 5.91 Å². The van der Waals surface area contributed by atoms with E-state index in [9.17, 15) is 4.79 Å². The Kier molecular flexibility index (Phi) is 5.31. The number of ether oxygens (including phenoxy) is 1. The molecule has 0 aliphatic heterocycles. The molecule has 140 valence electrons. The van der Waals surface area contributed by atoms with Crippen molar-refractivity contribution in [2.45, 2.75) is 13.2 Å². The first-order valence-electron chi connectivity index (χ1n) is 8.91. The van der Waals surface area contributed by atoms with E-state index < -0.39 is 0 Å². The van der Waals surface area contributed by atoms with Crippen molar-refractivity contribution in [1.29, 1.82) is 0 Å². The molecule has 0 saturated carbocycles. The fourth-order valence-corrected chi connectivity index (χ4v) is 3.05. The average molecular weight is 392 g/mol. The monoisotopic (exact) mass is 391 g/mol. The molecule has 4 aromatic rings. The quantitative estimate of drug-likeness (QED) is 0.465. The second kappa shape index (κ2) is 8.19. The van der Waals surface area contributed by atoms with Gasteiger partial charge in [-0.2, -0.15) is 0 Å². The van der Waals surface area contributed by atoms with Crippen molar-refractivity contribution in [3.8, 4) is 5.75 Å². The van der Waals surface area contributed by atoms with Crippen LogP contribution in [0.15, 0.2) is 83.3 Å². The SMILES string of the molecule is O=C(NCc1ccc(Cl)cc1)c1ccc(COc2cccc3ccccc23)o1. The predicted molar refractivity (Wildman–Crippen MR) is 110 cm³/mol. The number of benzene rings is 3. The summed E-state index contributed by atoms with van der Waals surface area (Å²) in [5.74, 6) is 1.35. The molecule has 28 heavy (non-hydrogen) atoms. The Morgan fingerprint density at radius 3 is 2.57 bits per heavy atom. The minimum absolute atomic E-state index is 0.248. The van der Waals surface area contributed by atoms with Gasteiger partial charge in [-0.3, -0.25) is 4.79 Å². The molecule has 1 N–H and O–H groups in total. The summed E-state index contributed by atoms with van der Waals surface area (Å²) in [5, 5.41) is 5.65. The molecule has 0 radical (unpaired) electrons. The Labute approximate surface area is 167 Å². The van der Waals surface area contributed by atoms with Crippen molar-refractivity contribution < 1.29 is 13.9 Å². The number of amides is 1. The zero-order chi connectivity index (χ0) is 19.3. The summed E-state index contributed by atoms with van der Waals surface area (Å²) < 4.78 is 11.5. The van der Waals surface area contributed by atoms with E-state index in [1.165, 1.54) is 0 Å². The maximum atomic E-state index is 12.3. The van der Waals surface area contributed by atoms with Gasteiger partial charge < -0.3 is 14.5 Å². The van der Waals surface area contributed by atoms with Gasteiger partial charge in [0.1, 0.15) is 18.1 Å². The van der Waals surface area contributed by atoms with Gasteiger partial charge in [0.2, 0.25) is 0 Å². The Bertz CT molecular complexity index is 1100. The first-order valence-corrected chi connectivity index (χ1v) is 9.29. The van der Waals surface area contributed by atoms with Crippen molar-refractivity contribution in [3.05, 3.63) is 101 Å². The van der Waals surface area contributed by atoms with E-state index >= 15 is 0 Å². The molecule has 1 heterocycles. The van der Waals surface area contributed by atoms with E-state index in [1.54, 1.807) is 24.3 Å². The number of carbonyl (C=O) groups excluding carboxylic acids is 1. The minimum Gasteiger partial charge on any atom is -0.485 e. The summed E-state index contributed by atoms with van der Waals surface area (Å²) in [4.78, 5) is 12.3. The predicted octanol–water partition coefficient (Wildman–Crippen LogP) is 5.60. The van der Waals surface area contributed by atoms with Crippen LogP contribution >= 0.6 is 11.6 Å². The molecule has 0 aliphatic rings. The Morgan fingerprint density at radius 2 is 1.71 bits per heavy atom. The van der Waals surface area contributed by atoms with Crippen molar-refractivity contribution in [2.75, 3.05) is 0 Å². The van der Waals surface area contributed by atoms with Crippen LogP contribution in [0.1, 0.15) is 21.9 Å². The topological polar surface area (TPSA) is 51.5 Å². The van der Waals surface area contributed by atoms with Crippen LogP contribution in [0.5, 0.6) is 5.75 Å². The molecule has 1 amide bonds. The van der Waals surface area contributed by atoms with Gasteiger partial charge in [-0.1, -0.05) is 60.1 Å². The zero-order valence-electron chi connectivity index (χ0n) is 15.0. The van der Waals surface area contributed by atoms with E-state index in [0.717, 1.165) is 22.1 Å². The highest BCUT2D eigenvalue weighted by Crippen LogP contribution is 2.26. The van der Waals surface area contributed by atoms with Gasteiger partial charge in [-0.05, 0) is 41.3 Å². The first-order chi connectivity index (χ1) is 13.7. The lowest BCUT2D eigenvalue weighted by atomic mass is 10.1. The lowest BCUT2D eigenvalue weighted by molar-refractivity contribution is 0.0919. The zero-order valence-corrected chi connectivity index (χ0v) is 15.8. The summed E-state index contributed by atoms with van der Waals surface area (Å²) in [6.45, 7) is 0.650. The third kappa shape index (κ3) is 4.18. The van der Waals surface area contributed by atoms with Gasteiger partial charge in [0.25, 0.3) is 5.91 Å². The number of halogens is 1. The standard InChI is InChI=1S/C23H18ClNO3/c24-18-10-8-16(9-11-18)14-25-23(26)22-13-12-19(28-22)15-27-21-7-3-5-17-4-1-2-6-20(17)21/h1-13H,14-15H2,(H,25,26). The molecule has 1 aromatic heterocycles. The van der Waals surface area contributed by atoms with Crippen molar-refractivity contribution in [1.82, 2.24) is 5.32 Å². The van der Waals surface area contributed by atoms with E-state index in [0.29, 0.717) is 17.3 Å². The highest BCUT2D eigenvalue weighted by Gasteiger charge is 2.12. The molecular formula is C23H18ClNO3. The van der Waals surface area contributed by atoms with Gasteiger partial charge in [-0.15, -0.1) is 0 Å². The van der Waals surface area contributed by atoms with Crippen molar-refractivity contribution in [2.24, 2.45) is 0 Å². The Hall–Kier alpha value is -3.24. The minimum atomic E-state index is -0.272. The fraction of sp³-hybridized carbons (Fsp3) is 0.0870.